The Morgan fingerprint density at radius 2 is 1.90 bits per heavy atom. The summed E-state index contributed by atoms with van der Waals surface area (Å²) in [5.74, 6) is -1.44. The monoisotopic (exact) mass is 344 g/mol. The van der Waals surface area contributed by atoms with E-state index in [1.165, 1.54) is 0 Å². The van der Waals surface area contributed by atoms with Gasteiger partial charge >= 0.3 is 18.2 Å². The van der Waals surface area contributed by atoms with Crippen molar-refractivity contribution in [1.29, 1.82) is 0 Å². The molecule has 2 N–H and O–H groups in total. The molecule has 10 heteroatoms. The second-order valence-electron chi connectivity index (χ2n) is 4.02. The van der Waals surface area contributed by atoms with Crippen LogP contribution in [0.3, 0.4) is 0 Å². The number of halogens is 5. The van der Waals surface area contributed by atoms with Gasteiger partial charge in [-0.1, -0.05) is 23.2 Å². The zero-order chi connectivity index (χ0) is 16.4. The first-order chi connectivity index (χ1) is 9.51. The summed E-state index contributed by atoms with van der Waals surface area (Å²) >= 11 is 11.4. The maximum Gasteiger partial charge on any atom is 0.406 e. The third kappa shape index (κ3) is 4.98. The minimum Gasteiger partial charge on any atom is -0.478 e. The predicted molar refractivity (Wildman–Crippen MR) is 71.1 cm³/mol. The van der Waals surface area contributed by atoms with Gasteiger partial charge in [-0.3, -0.25) is 0 Å². The van der Waals surface area contributed by atoms with Crippen molar-refractivity contribution >= 4 is 40.9 Å². The summed E-state index contributed by atoms with van der Waals surface area (Å²) in [6.45, 7) is -1.49. The van der Waals surface area contributed by atoms with Gasteiger partial charge in [0.05, 0.1) is 16.3 Å². The summed E-state index contributed by atoms with van der Waals surface area (Å²) in [6.07, 6.45) is -4.58. The van der Waals surface area contributed by atoms with Gasteiger partial charge < -0.3 is 15.3 Å². The molecule has 1 aromatic carbocycles. The van der Waals surface area contributed by atoms with Gasteiger partial charge in [0.25, 0.3) is 0 Å². The van der Waals surface area contributed by atoms with Crippen molar-refractivity contribution in [3.05, 3.63) is 27.7 Å². The van der Waals surface area contributed by atoms with E-state index < -0.39 is 30.3 Å². The van der Waals surface area contributed by atoms with E-state index in [0.717, 1.165) is 19.2 Å². The molecule has 2 amide bonds. The van der Waals surface area contributed by atoms with Gasteiger partial charge in [-0.05, 0) is 12.1 Å². The number of hydrogen-bond acceptors (Lipinski definition) is 2. The topological polar surface area (TPSA) is 69.6 Å². The number of amides is 2. The molecule has 0 aliphatic heterocycles. The fourth-order valence-electron chi connectivity index (χ4n) is 1.41. The van der Waals surface area contributed by atoms with Gasteiger partial charge in [0, 0.05) is 12.1 Å². The normalized spacial score (nSPS) is 11.1. The van der Waals surface area contributed by atoms with Crippen LogP contribution in [-0.4, -0.2) is 41.8 Å². The molecule has 116 valence electrons. The fourth-order valence-corrected chi connectivity index (χ4v) is 1.95. The van der Waals surface area contributed by atoms with Crippen LogP contribution in [0, 0.1) is 0 Å². The Kier molecular flexibility index (Phi) is 5.30. The quantitative estimate of drug-likeness (QED) is 0.877. The zero-order valence-corrected chi connectivity index (χ0v) is 12.0. The molecule has 0 heterocycles. The molecule has 0 fully saturated rings. The maximum atomic E-state index is 12.2. The largest absolute Gasteiger partial charge is 0.478 e. The molecular formula is C11H9Cl2F3N2O3. The van der Waals surface area contributed by atoms with E-state index >= 15 is 0 Å². The molecule has 0 bridgehead atoms. The van der Waals surface area contributed by atoms with Crippen molar-refractivity contribution in [2.75, 3.05) is 18.9 Å². The number of alkyl halides is 3. The zero-order valence-electron chi connectivity index (χ0n) is 10.5. The van der Waals surface area contributed by atoms with Crippen molar-refractivity contribution in [2.45, 2.75) is 6.18 Å². The number of rotatable bonds is 3. The van der Waals surface area contributed by atoms with Crippen molar-refractivity contribution < 1.29 is 27.9 Å². The first-order valence-electron chi connectivity index (χ1n) is 5.32. The minimum atomic E-state index is -4.58. The van der Waals surface area contributed by atoms with E-state index in [4.69, 9.17) is 28.3 Å². The lowest BCUT2D eigenvalue weighted by Gasteiger charge is -2.20. The van der Waals surface area contributed by atoms with Crippen LogP contribution in [0.15, 0.2) is 12.1 Å². The second kappa shape index (κ2) is 6.40. The van der Waals surface area contributed by atoms with E-state index in [1.807, 2.05) is 5.32 Å². The van der Waals surface area contributed by atoms with E-state index in [9.17, 15) is 22.8 Å². The van der Waals surface area contributed by atoms with Crippen LogP contribution in [-0.2, 0) is 0 Å². The summed E-state index contributed by atoms with van der Waals surface area (Å²) in [6, 6.07) is 1.03. The van der Waals surface area contributed by atoms with E-state index in [2.05, 4.69) is 0 Å². The molecule has 0 saturated heterocycles. The maximum absolute atomic E-state index is 12.2. The molecule has 0 aromatic heterocycles. The van der Waals surface area contributed by atoms with Crippen LogP contribution >= 0.6 is 23.2 Å². The molecular weight excluding hydrogens is 336 g/mol. The fraction of sp³-hybridized carbons (Fsp3) is 0.273. The number of carboxylic acid groups (broad SMARTS) is 1. The average Bonchev–Trinajstić information content (AvgIpc) is 2.29. The van der Waals surface area contributed by atoms with Gasteiger partial charge in [-0.2, -0.15) is 13.2 Å². The number of carboxylic acids is 1. The Hall–Kier alpha value is -1.67. The first kappa shape index (κ1) is 17.4. The number of urea groups is 1. The average molecular weight is 345 g/mol. The number of carbonyl (C=O) groups excluding carboxylic acids is 1. The summed E-state index contributed by atoms with van der Waals surface area (Å²) < 4.78 is 36.6. The van der Waals surface area contributed by atoms with Gasteiger partial charge in [-0.15, -0.1) is 0 Å². The van der Waals surface area contributed by atoms with Gasteiger partial charge in [0.2, 0.25) is 0 Å². The number of nitrogens with one attached hydrogen (secondary N) is 1. The Balaban J connectivity index is 3.02. The molecule has 0 atom stereocenters. The predicted octanol–water partition coefficient (Wildman–Crippen LogP) is 3.72. The lowest BCUT2D eigenvalue weighted by atomic mass is 10.2. The first-order valence-corrected chi connectivity index (χ1v) is 6.08. The van der Waals surface area contributed by atoms with Crippen LogP contribution in [0.1, 0.15) is 10.4 Å². The summed E-state index contributed by atoms with van der Waals surface area (Å²) in [5.41, 5.74) is -0.756. The lowest BCUT2D eigenvalue weighted by molar-refractivity contribution is -0.137. The molecule has 1 aromatic rings. The van der Waals surface area contributed by atoms with Crippen LogP contribution < -0.4 is 5.32 Å². The summed E-state index contributed by atoms with van der Waals surface area (Å²) in [7, 11) is 0.910. The summed E-state index contributed by atoms with van der Waals surface area (Å²) in [4.78, 5) is 23.0. The standard InChI is InChI=1S/C11H9Cl2F3N2O3/c1-18(4-11(14,15)16)10(21)17-8-6(9(19)20)2-5(12)3-7(8)13/h2-3H,4H2,1H3,(H,17,21)(H,19,20). The van der Waals surface area contributed by atoms with Crippen molar-refractivity contribution in [3.63, 3.8) is 0 Å². The number of nitrogens with zero attached hydrogens (tertiary/aromatic N) is 1. The molecule has 0 unspecified atom stereocenters. The molecule has 21 heavy (non-hydrogen) atoms. The number of benzene rings is 1. The number of hydrogen-bond donors (Lipinski definition) is 2. The van der Waals surface area contributed by atoms with Crippen LogP contribution in [0.4, 0.5) is 23.7 Å². The molecule has 0 spiro atoms. The lowest BCUT2D eigenvalue weighted by Crippen LogP contribution is -2.38. The van der Waals surface area contributed by atoms with Crippen LogP contribution in [0.5, 0.6) is 0 Å². The van der Waals surface area contributed by atoms with Crippen LogP contribution in [0.25, 0.3) is 0 Å². The second-order valence-corrected chi connectivity index (χ2v) is 4.86. The van der Waals surface area contributed by atoms with Crippen molar-refractivity contribution in [1.82, 2.24) is 4.90 Å². The summed E-state index contributed by atoms with van der Waals surface area (Å²) in [5, 5.41) is 10.8. The molecule has 0 saturated carbocycles. The number of carbonyl (C=O) groups is 2. The molecule has 0 aliphatic rings. The number of aromatic carboxylic acids is 1. The van der Waals surface area contributed by atoms with E-state index in [1.54, 1.807) is 0 Å². The highest BCUT2D eigenvalue weighted by molar-refractivity contribution is 6.37. The highest BCUT2D eigenvalue weighted by atomic mass is 35.5. The Morgan fingerprint density at radius 3 is 2.38 bits per heavy atom. The third-order valence-corrected chi connectivity index (χ3v) is 2.80. The highest BCUT2D eigenvalue weighted by Crippen LogP contribution is 2.30. The third-order valence-electron chi connectivity index (χ3n) is 2.28. The number of anilines is 1. The smallest absolute Gasteiger partial charge is 0.406 e. The van der Waals surface area contributed by atoms with Crippen LogP contribution in [0.2, 0.25) is 10.0 Å². The Morgan fingerprint density at radius 1 is 1.33 bits per heavy atom. The van der Waals surface area contributed by atoms with Gasteiger partial charge in [0.1, 0.15) is 6.54 Å². The SMILES string of the molecule is CN(CC(F)(F)F)C(=O)Nc1c(Cl)cc(Cl)cc1C(=O)O. The molecule has 0 aliphatic carbocycles. The Bertz CT molecular complexity index is 579. The highest BCUT2D eigenvalue weighted by Gasteiger charge is 2.31. The van der Waals surface area contributed by atoms with E-state index in [-0.39, 0.29) is 15.7 Å². The van der Waals surface area contributed by atoms with Crippen molar-refractivity contribution in [3.8, 4) is 0 Å². The van der Waals surface area contributed by atoms with E-state index in [0.29, 0.717) is 4.90 Å². The Labute approximate surface area is 127 Å². The van der Waals surface area contributed by atoms with Gasteiger partial charge in [-0.25, -0.2) is 9.59 Å². The molecule has 5 nitrogen and oxygen atoms in total. The molecule has 1 rings (SSSR count). The van der Waals surface area contributed by atoms with Crippen molar-refractivity contribution in [2.24, 2.45) is 0 Å². The van der Waals surface area contributed by atoms with Gasteiger partial charge in [0.15, 0.2) is 0 Å². The minimum absolute atomic E-state index is 0.0130. The molecule has 0 radical (unpaired) electrons.